The molecule has 0 saturated heterocycles. The monoisotopic (exact) mass is 808 g/mol. The fourth-order valence-electron chi connectivity index (χ4n) is 7.35. The van der Waals surface area contributed by atoms with Crippen LogP contribution in [0.15, 0.2) is 51.4 Å². The molecule has 15 heteroatoms. The minimum absolute atomic E-state index is 0.0485. The van der Waals surface area contributed by atoms with E-state index >= 15 is 4.39 Å². The molecule has 1 amide bonds. The highest BCUT2D eigenvalue weighted by Crippen LogP contribution is 2.46. The SMILES string of the molecule is CO[C@H]1/C=C/O[C@@H](C)Oc2c(C)c(O)c3c(=O)c(c4oc5c(F)c(C)c(F)cc5nc-4c3c2C(C)=O)NC(=O)/C(C)=C\C=C\[C@H](C)[C@H](O)[C@@H](C)[C@@H](O)[C@@H](C)[C@H](O)[C@@H]1C. The van der Waals surface area contributed by atoms with Gasteiger partial charge in [-0.1, -0.05) is 45.9 Å². The van der Waals surface area contributed by atoms with E-state index in [-0.39, 0.29) is 39.0 Å². The van der Waals surface area contributed by atoms with Crippen LogP contribution in [0.25, 0.3) is 33.3 Å². The third-order valence-corrected chi connectivity index (χ3v) is 11.2. The number of allylic oxidation sites excluding steroid dienone is 2. The number of fused-ring (bicyclic) bond motifs is 17. The Kier molecular flexibility index (Phi) is 13.1. The number of ether oxygens (including phenoxy) is 3. The molecule has 0 spiro atoms. The number of Topliss-reactive ketones (excluding diaryl/α,β-unsaturated/α-hetero) is 1. The van der Waals surface area contributed by atoms with Crippen LogP contribution < -0.4 is 15.5 Å². The number of ketones is 1. The second-order valence-corrected chi connectivity index (χ2v) is 15.2. The summed E-state index contributed by atoms with van der Waals surface area (Å²) in [5.74, 6) is -7.34. The molecule has 3 heterocycles. The molecule has 4 bridgehead atoms. The standard InChI is InChI=1S/C43H50F2N2O11/c1-17-12-11-13-18(2)43(54)47-34-39(53)31-30(33-42(34)58-41-27(46-33)16-26(44)19(3)32(41)45)29(24(8)48)40(23(7)38(31)52)57-25(9)56-15-14-28(55-10)20(4)36(50)22(6)37(51)21(5)35(17)49/h11-17,20-22,25,28,35-37,49-52H,1-10H3,(H,47,54)/b12-11+,15-14+,18-13-/t17-,20+,21+,22-,25+,28-,35-,36+,37+/m0/s1. The van der Waals surface area contributed by atoms with Crippen molar-refractivity contribution in [1.82, 2.24) is 4.98 Å². The molecule has 312 valence electrons. The summed E-state index contributed by atoms with van der Waals surface area (Å²) < 4.78 is 53.9. The van der Waals surface area contributed by atoms with Crippen LogP contribution in [0.5, 0.6) is 11.5 Å². The zero-order chi connectivity index (χ0) is 43.1. The highest BCUT2D eigenvalue weighted by atomic mass is 19.1. The normalized spacial score (nSPS) is 28.7. The van der Waals surface area contributed by atoms with Crippen LogP contribution >= 0.6 is 0 Å². The summed E-state index contributed by atoms with van der Waals surface area (Å²) in [5, 5.41) is 47.2. The highest BCUT2D eigenvalue weighted by Gasteiger charge is 2.37. The Hall–Kier alpha value is -5.22. The van der Waals surface area contributed by atoms with Gasteiger partial charge in [0.05, 0.1) is 41.6 Å². The second-order valence-electron chi connectivity index (χ2n) is 15.2. The van der Waals surface area contributed by atoms with Gasteiger partial charge in [-0.3, -0.25) is 14.4 Å². The number of carbonyl (C=O) groups is 2. The van der Waals surface area contributed by atoms with Crippen LogP contribution in [0, 0.1) is 49.2 Å². The van der Waals surface area contributed by atoms with E-state index in [1.54, 1.807) is 33.8 Å². The number of nitrogens with one attached hydrogen (secondary N) is 1. The minimum atomic E-state index is -1.16. The van der Waals surface area contributed by atoms with Crippen molar-refractivity contribution >= 4 is 39.2 Å². The number of nitrogens with zero attached hydrogens (tertiary/aromatic N) is 1. The summed E-state index contributed by atoms with van der Waals surface area (Å²) in [6, 6.07) is 0.917. The number of halogens is 2. The van der Waals surface area contributed by atoms with Gasteiger partial charge in [-0.05, 0) is 33.8 Å². The number of amides is 1. The van der Waals surface area contributed by atoms with Gasteiger partial charge in [0.2, 0.25) is 11.7 Å². The molecule has 58 heavy (non-hydrogen) atoms. The molecular formula is C43H50F2N2O11. The predicted molar refractivity (Wildman–Crippen MR) is 213 cm³/mol. The van der Waals surface area contributed by atoms with Crippen molar-refractivity contribution in [3.63, 3.8) is 0 Å². The number of aliphatic hydroxyl groups is 3. The number of benzene rings is 3. The molecule has 4 aliphatic rings. The maximum Gasteiger partial charge on any atom is 0.251 e. The lowest BCUT2D eigenvalue weighted by Crippen LogP contribution is -2.44. The van der Waals surface area contributed by atoms with Gasteiger partial charge in [0.25, 0.3) is 5.91 Å². The average molecular weight is 809 g/mol. The van der Waals surface area contributed by atoms with Crippen molar-refractivity contribution in [2.75, 3.05) is 12.4 Å². The van der Waals surface area contributed by atoms with Gasteiger partial charge in [-0.25, -0.2) is 13.8 Å². The number of aromatic nitrogens is 1. The summed E-state index contributed by atoms with van der Waals surface area (Å²) in [4.78, 5) is 46.2. The molecule has 13 nitrogen and oxygen atoms in total. The highest BCUT2D eigenvalue weighted by molar-refractivity contribution is 6.19. The molecule has 5 N–H and O–H groups in total. The lowest BCUT2D eigenvalue weighted by Gasteiger charge is -2.36. The molecule has 0 unspecified atom stereocenters. The molecular weight excluding hydrogens is 758 g/mol. The zero-order valence-corrected chi connectivity index (χ0v) is 34.0. The lowest BCUT2D eigenvalue weighted by atomic mass is 9.78. The van der Waals surface area contributed by atoms with E-state index in [1.165, 1.54) is 66.2 Å². The van der Waals surface area contributed by atoms with Gasteiger partial charge >= 0.3 is 0 Å². The van der Waals surface area contributed by atoms with Crippen molar-refractivity contribution in [3.8, 4) is 23.0 Å². The topological polar surface area (TPSA) is 198 Å². The van der Waals surface area contributed by atoms with E-state index < -0.39 is 117 Å². The Balaban J connectivity index is 1.80. The zero-order valence-electron chi connectivity index (χ0n) is 34.0. The van der Waals surface area contributed by atoms with Crippen molar-refractivity contribution in [1.29, 1.82) is 0 Å². The Labute approximate surface area is 334 Å². The first-order valence-corrected chi connectivity index (χ1v) is 18.9. The summed E-state index contributed by atoms with van der Waals surface area (Å²) in [5.41, 5.74) is -3.33. The first-order chi connectivity index (χ1) is 27.2. The number of rotatable bonds is 2. The largest absolute Gasteiger partial charge is 0.507 e. The quantitative estimate of drug-likeness (QED) is 0.0828. The van der Waals surface area contributed by atoms with Crippen molar-refractivity contribution < 1.29 is 57.4 Å². The minimum Gasteiger partial charge on any atom is -0.507 e. The fraction of sp³-hybridized carbons (Fsp3) is 0.442. The molecule has 3 aliphatic heterocycles. The average Bonchev–Trinajstić information content (AvgIpc) is 3.18. The molecule has 2 aromatic carbocycles. The maximum atomic E-state index is 15.5. The van der Waals surface area contributed by atoms with E-state index in [4.69, 9.17) is 18.6 Å². The number of phenols is 1. The number of aliphatic hydroxyl groups excluding tert-OH is 3. The van der Waals surface area contributed by atoms with E-state index in [0.717, 1.165) is 6.07 Å². The van der Waals surface area contributed by atoms with Crippen LogP contribution in [0.3, 0.4) is 0 Å². The molecule has 0 saturated carbocycles. The van der Waals surface area contributed by atoms with E-state index in [2.05, 4.69) is 10.3 Å². The number of hydrogen-bond acceptors (Lipinski definition) is 12. The number of anilines is 1. The smallest absolute Gasteiger partial charge is 0.251 e. The first kappa shape index (κ1) is 43.9. The Morgan fingerprint density at radius 3 is 2.19 bits per heavy atom. The van der Waals surface area contributed by atoms with Crippen LogP contribution in [-0.4, -0.2) is 74.9 Å². The number of phenolic OH excluding ortho intramolecular Hbond substituents is 1. The summed E-state index contributed by atoms with van der Waals surface area (Å²) in [6.07, 6.45) is 2.17. The van der Waals surface area contributed by atoms with Crippen LogP contribution in [-0.2, 0) is 14.3 Å². The summed E-state index contributed by atoms with van der Waals surface area (Å²) in [6.45, 7) is 13.5. The van der Waals surface area contributed by atoms with Crippen molar-refractivity contribution in [2.24, 2.45) is 23.7 Å². The number of methoxy groups -OCH3 is 1. The molecule has 0 radical (unpaired) electrons. The Morgan fingerprint density at radius 1 is 0.914 bits per heavy atom. The Morgan fingerprint density at radius 2 is 1.55 bits per heavy atom. The van der Waals surface area contributed by atoms with Gasteiger partial charge < -0.3 is 44.4 Å². The number of carbonyl (C=O) groups excluding carboxylic acids is 2. The van der Waals surface area contributed by atoms with Crippen LogP contribution in [0.1, 0.15) is 70.0 Å². The summed E-state index contributed by atoms with van der Waals surface area (Å²) >= 11 is 0. The van der Waals surface area contributed by atoms with Gasteiger partial charge in [0, 0.05) is 65.9 Å². The number of hydrogen-bond donors (Lipinski definition) is 5. The number of aromatic hydroxyl groups is 1. The second kappa shape index (κ2) is 17.3. The molecule has 0 aromatic heterocycles. The van der Waals surface area contributed by atoms with E-state index in [0.29, 0.717) is 0 Å². The molecule has 1 aliphatic carbocycles. The lowest BCUT2D eigenvalue weighted by molar-refractivity contribution is -0.112. The van der Waals surface area contributed by atoms with Gasteiger partial charge in [0.15, 0.2) is 22.9 Å². The third kappa shape index (κ3) is 8.08. The molecule has 9 atom stereocenters. The van der Waals surface area contributed by atoms with Crippen LogP contribution in [0.4, 0.5) is 14.5 Å². The van der Waals surface area contributed by atoms with Gasteiger partial charge in [0.1, 0.15) is 34.2 Å². The van der Waals surface area contributed by atoms with Gasteiger partial charge in [-0.15, -0.1) is 0 Å². The Bertz CT molecular complexity index is 2370. The summed E-state index contributed by atoms with van der Waals surface area (Å²) in [7, 11) is 1.43. The first-order valence-electron chi connectivity index (χ1n) is 18.9. The van der Waals surface area contributed by atoms with Crippen molar-refractivity contribution in [2.45, 2.75) is 93.0 Å². The third-order valence-electron chi connectivity index (χ3n) is 11.2. The van der Waals surface area contributed by atoms with Crippen LogP contribution in [0.2, 0.25) is 0 Å². The van der Waals surface area contributed by atoms with E-state index in [9.17, 15) is 39.2 Å². The maximum absolute atomic E-state index is 15.5. The molecule has 6 rings (SSSR count). The van der Waals surface area contributed by atoms with Crippen molar-refractivity contribution in [3.05, 3.63) is 80.8 Å². The van der Waals surface area contributed by atoms with Gasteiger partial charge in [-0.2, -0.15) is 0 Å². The fourth-order valence-corrected chi connectivity index (χ4v) is 7.35. The molecule has 2 aromatic rings. The molecule has 0 fully saturated rings. The predicted octanol–water partition coefficient (Wildman–Crippen LogP) is 6.60. The van der Waals surface area contributed by atoms with E-state index in [1.807, 2.05) is 0 Å².